The van der Waals surface area contributed by atoms with Crippen molar-refractivity contribution in [2.45, 2.75) is 76.5 Å². The number of nitrogens with zero attached hydrogens (tertiary/aromatic N) is 10. The number of anilines is 4. The summed E-state index contributed by atoms with van der Waals surface area (Å²) in [6.07, 6.45) is 10.4. The summed E-state index contributed by atoms with van der Waals surface area (Å²) in [4.78, 5) is 57.1. The fourth-order valence-corrected chi connectivity index (χ4v) is 11.5. The van der Waals surface area contributed by atoms with Gasteiger partial charge in [-0.2, -0.15) is 0 Å². The largest absolute Gasteiger partial charge is 1.00 e. The van der Waals surface area contributed by atoms with E-state index in [4.69, 9.17) is 67.8 Å². The van der Waals surface area contributed by atoms with E-state index in [0.29, 0.717) is 39.4 Å². The maximum atomic E-state index is 13.0. The minimum atomic E-state index is -1.35. The molecular weight excluding hydrogens is 1020 g/mol. The second-order valence-corrected chi connectivity index (χ2v) is 20.6. The number of piperazine rings is 2. The number of likely N-dealkylation sites (tertiary alicyclic amines) is 1. The molecule has 0 unspecified atom stereocenters. The van der Waals surface area contributed by atoms with Crippen LogP contribution < -0.4 is 61.2 Å². The summed E-state index contributed by atoms with van der Waals surface area (Å²) in [5.41, 5.74) is 14.0. The molecule has 4 saturated heterocycles. The number of aromatic carboxylic acids is 1. The van der Waals surface area contributed by atoms with Crippen LogP contribution in [0.15, 0.2) is 64.8 Å². The van der Waals surface area contributed by atoms with Crippen LogP contribution in [0.1, 0.15) is 84.2 Å². The molecule has 7 N–H and O–H groups in total. The van der Waals surface area contributed by atoms with Crippen LogP contribution >= 0.6 is 46.4 Å². The van der Waals surface area contributed by atoms with Gasteiger partial charge in [0.1, 0.15) is 34.3 Å². The number of benzene rings is 1. The number of carbonyl (C=O) groups is 2. The molecule has 6 aliphatic rings. The molecule has 10 rings (SSSR count). The zero-order valence-corrected chi connectivity index (χ0v) is 45.5. The quantitative estimate of drug-likeness (QED) is 0.0870. The molecule has 4 fully saturated rings. The van der Waals surface area contributed by atoms with Gasteiger partial charge in [0.05, 0.1) is 34.7 Å². The van der Waals surface area contributed by atoms with E-state index in [0.717, 1.165) is 163 Å². The summed E-state index contributed by atoms with van der Waals surface area (Å²) < 4.78 is 0. The van der Waals surface area contributed by atoms with Gasteiger partial charge in [-0.3, -0.25) is 24.6 Å². The Balaban J connectivity index is 0.000000183. The smallest absolute Gasteiger partial charge is 0.545 e. The van der Waals surface area contributed by atoms with E-state index >= 15 is 0 Å². The molecule has 23 heteroatoms. The first kappa shape index (κ1) is 57.1. The predicted molar refractivity (Wildman–Crippen MR) is 292 cm³/mol. The second kappa shape index (κ2) is 26.9. The number of piperidine rings is 2. The number of nitrogen functional groups attached to an aromatic ring is 2. The van der Waals surface area contributed by atoms with Crippen LogP contribution in [0.5, 0.6) is 0 Å². The number of hydrogen-bond donors (Lipinski definition) is 5. The average Bonchev–Trinajstić information content (AvgIpc) is 4.16. The van der Waals surface area contributed by atoms with Crippen LogP contribution in [0, 0.1) is 0 Å². The number of pyridine rings is 3. The number of nitrogens with one attached hydrogen (secondary N) is 3. The number of carboxylic acid groups (broad SMARTS) is 1. The van der Waals surface area contributed by atoms with Crippen molar-refractivity contribution in [3.63, 3.8) is 0 Å². The molecular formula is C51H66Cl4LiN15O3. The van der Waals surface area contributed by atoms with Crippen molar-refractivity contribution in [1.82, 2.24) is 45.6 Å². The van der Waals surface area contributed by atoms with Crippen LogP contribution in [0.25, 0.3) is 0 Å². The SMILES string of the molecule is CC[C@H]1CN(c2ncc(C3=NCCN3)cc2Cl)CCN1C1CCN(C(=O)c2ccc(Cl)cc2N)CC1.CC[C@H]1CN(c2ncc(C3=NCCN3)cc2Cl)CCN1C1CCNCC1.Nc1nc(Cl)ccc1C(=O)[O-].[Li+]. The molecule has 18 nitrogen and oxygen atoms in total. The van der Waals surface area contributed by atoms with Crippen LogP contribution in [0.2, 0.25) is 20.2 Å². The maximum Gasteiger partial charge on any atom is 1.00 e. The summed E-state index contributed by atoms with van der Waals surface area (Å²) in [6, 6.07) is 13.8. The number of amidine groups is 2. The van der Waals surface area contributed by atoms with Gasteiger partial charge in [-0.25, -0.2) is 15.0 Å². The predicted octanol–water partition coefficient (Wildman–Crippen LogP) is 1.95. The number of amides is 1. The molecule has 9 heterocycles. The van der Waals surface area contributed by atoms with E-state index < -0.39 is 5.97 Å². The third-order valence-electron chi connectivity index (χ3n) is 14.5. The molecule has 6 aliphatic heterocycles. The first-order valence-electron chi connectivity index (χ1n) is 25.4. The van der Waals surface area contributed by atoms with Crippen molar-refractivity contribution in [1.29, 1.82) is 0 Å². The van der Waals surface area contributed by atoms with Gasteiger partial charge in [0.15, 0.2) is 0 Å². The van der Waals surface area contributed by atoms with Gasteiger partial charge in [0.25, 0.3) is 5.91 Å². The van der Waals surface area contributed by atoms with Crippen molar-refractivity contribution in [2.24, 2.45) is 9.98 Å². The topological polar surface area (TPSA) is 225 Å². The Morgan fingerprint density at radius 3 is 1.64 bits per heavy atom. The van der Waals surface area contributed by atoms with Crippen LogP contribution in [0.4, 0.5) is 23.1 Å². The first-order valence-corrected chi connectivity index (χ1v) is 26.9. The Morgan fingerprint density at radius 2 is 1.19 bits per heavy atom. The third-order valence-corrected chi connectivity index (χ3v) is 15.5. The average molecular weight is 1090 g/mol. The molecule has 3 aromatic heterocycles. The number of carbonyl (C=O) groups excluding carboxylic acids is 2. The van der Waals surface area contributed by atoms with Crippen LogP contribution in [-0.4, -0.2) is 169 Å². The van der Waals surface area contributed by atoms with Crippen molar-refractivity contribution >= 4 is 93.1 Å². The summed E-state index contributed by atoms with van der Waals surface area (Å²) in [7, 11) is 0. The fraction of sp³-hybridized carbons (Fsp3) is 0.510. The Kier molecular flexibility index (Phi) is 20.8. The normalized spacial score (nSPS) is 20.7. The molecule has 0 aliphatic carbocycles. The van der Waals surface area contributed by atoms with E-state index in [1.807, 2.05) is 29.4 Å². The van der Waals surface area contributed by atoms with Gasteiger partial charge >= 0.3 is 18.9 Å². The second-order valence-electron chi connectivity index (χ2n) is 19.0. The van der Waals surface area contributed by atoms with Gasteiger partial charge in [-0.1, -0.05) is 60.3 Å². The number of hydrogen-bond acceptors (Lipinski definition) is 17. The van der Waals surface area contributed by atoms with Gasteiger partial charge in [0.2, 0.25) is 0 Å². The molecule has 0 radical (unpaired) electrons. The van der Waals surface area contributed by atoms with Gasteiger partial charge in [0, 0.05) is 129 Å². The monoisotopic (exact) mass is 1080 g/mol. The molecule has 0 spiro atoms. The molecule has 4 aromatic rings. The van der Waals surface area contributed by atoms with Gasteiger partial charge in [-0.15, -0.1) is 0 Å². The molecule has 1 amide bonds. The summed E-state index contributed by atoms with van der Waals surface area (Å²) in [5.74, 6) is 2.05. The molecule has 74 heavy (non-hydrogen) atoms. The number of aliphatic imine (C=N–C) groups is 2. The zero-order chi connectivity index (χ0) is 51.6. The Bertz CT molecular complexity index is 2640. The van der Waals surface area contributed by atoms with Crippen molar-refractivity contribution in [3.05, 3.63) is 97.3 Å². The maximum absolute atomic E-state index is 13.0. The van der Waals surface area contributed by atoms with Crippen molar-refractivity contribution in [3.8, 4) is 0 Å². The molecule has 0 bridgehead atoms. The van der Waals surface area contributed by atoms with E-state index in [1.54, 1.807) is 18.2 Å². The van der Waals surface area contributed by atoms with Crippen molar-refractivity contribution in [2.75, 3.05) is 113 Å². The van der Waals surface area contributed by atoms with Crippen LogP contribution in [0.3, 0.4) is 0 Å². The van der Waals surface area contributed by atoms with E-state index in [9.17, 15) is 14.7 Å². The number of carboxylic acids is 1. The Labute approximate surface area is 466 Å². The van der Waals surface area contributed by atoms with Crippen molar-refractivity contribution < 1.29 is 33.6 Å². The third kappa shape index (κ3) is 14.1. The Hall–Kier alpha value is -4.61. The molecule has 0 saturated carbocycles. The van der Waals surface area contributed by atoms with Crippen LogP contribution in [-0.2, 0) is 0 Å². The summed E-state index contributed by atoms with van der Waals surface area (Å²) in [5, 5.41) is 22.4. The van der Waals surface area contributed by atoms with Gasteiger partial charge < -0.3 is 52.0 Å². The summed E-state index contributed by atoms with van der Waals surface area (Å²) >= 11 is 24.7. The standard InChI is InChI=1S/C26H33Cl2N7O.C19H29ClN6.C6H5ClN2O2.Li/c1-2-19-16-34(25-22(28)13-17(15-32-25)24-30-7-8-31-24)11-12-35(19)20-5-9-33(10-6-20)26(36)21-4-3-18(27)14-23(21)29;1-2-15-13-25(9-10-26(15)16-3-5-21-6-4-16)19-17(20)11-14(12-24-19)18-22-7-8-23-18;7-4-2-1-3(6(10)11)5(8)9-4;/h3-4,13-15,19-20H,2,5-12,16,29H2,1H3,(H,30,31);11-12,15-16,21H,2-10,13H2,1H3,(H,22,23);1-2H,(H2,8,9)(H,10,11);/q;;;+1/p-1/t19-;15-;;/m00../s1. The number of rotatable bonds is 10. The van der Waals surface area contributed by atoms with E-state index in [1.165, 1.54) is 25.0 Å². The van der Waals surface area contributed by atoms with E-state index in [-0.39, 0.29) is 41.3 Å². The molecule has 1 aromatic carbocycles. The fourth-order valence-electron chi connectivity index (χ4n) is 10.6. The van der Waals surface area contributed by atoms with Gasteiger partial charge in [-0.05, 0) is 94.1 Å². The summed E-state index contributed by atoms with van der Waals surface area (Å²) in [6.45, 7) is 17.5. The Morgan fingerprint density at radius 1 is 0.676 bits per heavy atom. The first-order chi connectivity index (χ1) is 35.3. The molecule has 2 atom stereocenters. The minimum Gasteiger partial charge on any atom is -0.545 e. The zero-order valence-electron chi connectivity index (χ0n) is 42.5. The minimum absolute atomic E-state index is 0. The number of aromatic nitrogens is 3. The molecule has 392 valence electrons. The number of halogens is 4. The number of nitrogens with two attached hydrogens (primary N) is 2. The van der Waals surface area contributed by atoms with E-state index in [2.05, 4.69) is 64.4 Å².